The standard InChI is InChI=1S/C29H31FN2O4S2/c1-22-14-17-37-28(22)20-31(19-23-8-11-26(30)12-9-23)29(33)21-32(15-5-16-36-2)38(34,35)27-13-10-24-6-3-4-7-25(24)18-27/h3-4,6-14,17-18H,5,15-16,19-21H2,1-2H3. The maximum absolute atomic E-state index is 13.8. The van der Waals surface area contributed by atoms with Crippen LogP contribution in [0.3, 0.4) is 0 Å². The summed E-state index contributed by atoms with van der Waals surface area (Å²) in [5.41, 5.74) is 1.82. The van der Waals surface area contributed by atoms with Gasteiger partial charge in [-0.15, -0.1) is 11.3 Å². The minimum atomic E-state index is -3.97. The minimum absolute atomic E-state index is 0.136. The summed E-state index contributed by atoms with van der Waals surface area (Å²) in [6.07, 6.45) is 0.443. The maximum Gasteiger partial charge on any atom is 0.243 e. The van der Waals surface area contributed by atoms with E-state index >= 15 is 0 Å². The highest BCUT2D eigenvalue weighted by Crippen LogP contribution is 2.24. The third-order valence-electron chi connectivity index (χ3n) is 6.37. The van der Waals surface area contributed by atoms with E-state index in [0.29, 0.717) is 19.6 Å². The number of ether oxygens (including phenoxy) is 1. The fraction of sp³-hybridized carbons (Fsp3) is 0.276. The van der Waals surface area contributed by atoms with Crippen LogP contribution in [0.25, 0.3) is 10.8 Å². The number of amides is 1. The number of rotatable bonds is 12. The van der Waals surface area contributed by atoms with Gasteiger partial charge in [-0.05, 0) is 71.0 Å². The molecule has 1 aromatic heterocycles. The van der Waals surface area contributed by atoms with Gasteiger partial charge in [0, 0.05) is 31.7 Å². The molecule has 1 amide bonds. The molecule has 6 nitrogen and oxygen atoms in total. The zero-order valence-electron chi connectivity index (χ0n) is 21.5. The van der Waals surface area contributed by atoms with Gasteiger partial charge >= 0.3 is 0 Å². The molecular formula is C29H31FN2O4S2. The molecule has 0 aliphatic heterocycles. The quantitative estimate of drug-likeness (QED) is 0.214. The van der Waals surface area contributed by atoms with Crippen LogP contribution in [0.5, 0.6) is 0 Å². The number of sulfonamides is 1. The van der Waals surface area contributed by atoms with E-state index in [-0.39, 0.29) is 36.3 Å². The molecule has 0 aliphatic rings. The largest absolute Gasteiger partial charge is 0.385 e. The lowest BCUT2D eigenvalue weighted by molar-refractivity contribution is -0.132. The Labute approximate surface area is 227 Å². The zero-order valence-corrected chi connectivity index (χ0v) is 23.1. The summed E-state index contributed by atoms with van der Waals surface area (Å²) in [5, 5.41) is 3.71. The SMILES string of the molecule is COCCCN(CC(=O)N(Cc1ccc(F)cc1)Cc1sccc1C)S(=O)(=O)c1ccc2ccccc2c1. The third-order valence-corrected chi connectivity index (χ3v) is 9.22. The molecule has 3 aromatic carbocycles. The molecule has 4 aromatic rings. The molecule has 4 rings (SSSR count). The van der Waals surface area contributed by atoms with Gasteiger partial charge in [-0.25, -0.2) is 12.8 Å². The molecule has 0 saturated carbocycles. The lowest BCUT2D eigenvalue weighted by Crippen LogP contribution is -2.43. The van der Waals surface area contributed by atoms with Crippen LogP contribution < -0.4 is 0 Å². The van der Waals surface area contributed by atoms with Crippen LogP contribution in [0.1, 0.15) is 22.4 Å². The van der Waals surface area contributed by atoms with E-state index in [4.69, 9.17) is 4.74 Å². The first kappa shape index (κ1) is 27.9. The van der Waals surface area contributed by atoms with E-state index in [0.717, 1.165) is 26.8 Å². The summed E-state index contributed by atoms with van der Waals surface area (Å²) >= 11 is 1.55. The number of hydrogen-bond acceptors (Lipinski definition) is 5. The predicted octanol–water partition coefficient (Wildman–Crippen LogP) is 5.61. The van der Waals surface area contributed by atoms with Crippen molar-refractivity contribution in [3.05, 3.63) is 100.0 Å². The van der Waals surface area contributed by atoms with Gasteiger partial charge in [-0.1, -0.05) is 42.5 Å². The molecule has 38 heavy (non-hydrogen) atoms. The highest BCUT2D eigenvalue weighted by molar-refractivity contribution is 7.89. The first-order valence-corrected chi connectivity index (χ1v) is 14.6. The molecule has 0 spiro atoms. The topological polar surface area (TPSA) is 66.9 Å². The van der Waals surface area contributed by atoms with Gasteiger partial charge in [-0.3, -0.25) is 4.79 Å². The smallest absolute Gasteiger partial charge is 0.243 e. The zero-order chi connectivity index (χ0) is 27.1. The van der Waals surface area contributed by atoms with Gasteiger partial charge in [0.1, 0.15) is 5.82 Å². The van der Waals surface area contributed by atoms with E-state index in [2.05, 4.69) is 0 Å². The van der Waals surface area contributed by atoms with Crippen molar-refractivity contribution in [2.45, 2.75) is 31.3 Å². The average Bonchev–Trinajstić information content (AvgIpc) is 3.32. The van der Waals surface area contributed by atoms with Crippen molar-refractivity contribution in [3.63, 3.8) is 0 Å². The number of carbonyl (C=O) groups excluding carboxylic acids is 1. The van der Waals surface area contributed by atoms with E-state index in [1.807, 2.05) is 42.6 Å². The van der Waals surface area contributed by atoms with Crippen molar-refractivity contribution in [1.29, 1.82) is 0 Å². The van der Waals surface area contributed by atoms with Crippen molar-refractivity contribution in [1.82, 2.24) is 9.21 Å². The predicted molar refractivity (Wildman–Crippen MR) is 149 cm³/mol. The highest BCUT2D eigenvalue weighted by atomic mass is 32.2. The van der Waals surface area contributed by atoms with Crippen LogP contribution in [0, 0.1) is 12.7 Å². The monoisotopic (exact) mass is 554 g/mol. The molecule has 0 atom stereocenters. The molecule has 0 aliphatic carbocycles. The Morgan fingerprint density at radius 3 is 2.39 bits per heavy atom. The van der Waals surface area contributed by atoms with Crippen molar-refractivity contribution >= 4 is 38.0 Å². The molecule has 0 saturated heterocycles. The van der Waals surface area contributed by atoms with Crippen molar-refractivity contribution in [2.24, 2.45) is 0 Å². The van der Waals surface area contributed by atoms with Crippen molar-refractivity contribution in [2.75, 3.05) is 26.8 Å². The second-order valence-electron chi connectivity index (χ2n) is 9.10. The average molecular weight is 555 g/mol. The number of benzene rings is 3. The molecule has 9 heteroatoms. The Hall–Kier alpha value is -3.11. The Kier molecular flexibility index (Phi) is 9.27. The number of nitrogens with zero attached hydrogens (tertiary/aromatic N) is 2. The normalized spacial score (nSPS) is 11.8. The first-order chi connectivity index (χ1) is 18.3. The summed E-state index contributed by atoms with van der Waals surface area (Å²) in [6, 6.07) is 20.5. The highest BCUT2D eigenvalue weighted by Gasteiger charge is 2.29. The van der Waals surface area contributed by atoms with Crippen molar-refractivity contribution in [3.8, 4) is 0 Å². The van der Waals surface area contributed by atoms with Crippen molar-refractivity contribution < 1.29 is 22.3 Å². The number of thiophene rings is 1. The van der Waals surface area contributed by atoms with Gasteiger partial charge in [0.15, 0.2) is 0 Å². The van der Waals surface area contributed by atoms with Crippen LogP contribution >= 0.6 is 11.3 Å². The van der Waals surface area contributed by atoms with Crippen LogP contribution in [0.4, 0.5) is 4.39 Å². The van der Waals surface area contributed by atoms with E-state index in [1.165, 1.54) is 16.4 Å². The number of hydrogen-bond donors (Lipinski definition) is 0. The van der Waals surface area contributed by atoms with E-state index in [1.54, 1.807) is 53.7 Å². The number of methoxy groups -OCH3 is 1. The number of carbonyl (C=O) groups is 1. The summed E-state index contributed by atoms with van der Waals surface area (Å²) in [7, 11) is -2.41. The molecule has 0 bridgehead atoms. The number of fused-ring (bicyclic) bond motifs is 1. The number of aryl methyl sites for hydroxylation is 1. The summed E-state index contributed by atoms with van der Waals surface area (Å²) in [6.45, 7) is 2.74. The Morgan fingerprint density at radius 2 is 1.71 bits per heavy atom. The van der Waals surface area contributed by atoms with Gasteiger partial charge in [-0.2, -0.15) is 4.31 Å². The fourth-order valence-electron chi connectivity index (χ4n) is 4.18. The summed E-state index contributed by atoms with van der Waals surface area (Å²) in [4.78, 5) is 16.5. The Bertz CT molecular complexity index is 1490. The molecule has 1 heterocycles. The number of halogens is 1. The van der Waals surface area contributed by atoms with Crippen LogP contribution in [-0.4, -0.2) is 50.3 Å². The maximum atomic E-state index is 13.8. The Balaban J connectivity index is 1.62. The van der Waals surface area contributed by atoms with Crippen LogP contribution in [0.2, 0.25) is 0 Å². The molecule has 0 fully saturated rings. The van der Waals surface area contributed by atoms with Crippen LogP contribution in [0.15, 0.2) is 83.1 Å². The fourth-order valence-corrected chi connectivity index (χ4v) is 6.56. The lowest BCUT2D eigenvalue weighted by atomic mass is 10.1. The minimum Gasteiger partial charge on any atom is -0.385 e. The summed E-state index contributed by atoms with van der Waals surface area (Å²) in [5.74, 6) is -0.685. The first-order valence-electron chi connectivity index (χ1n) is 12.3. The van der Waals surface area contributed by atoms with Gasteiger partial charge < -0.3 is 9.64 Å². The second kappa shape index (κ2) is 12.6. The van der Waals surface area contributed by atoms with E-state index in [9.17, 15) is 17.6 Å². The van der Waals surface area contributed by atoms with Crippen LogP contribution in [-0.2, 0) is 32.6 Å². The van der Waals surface area contributed by atoms with Gasteiger partial charge in [0.25, 0.3) is 0 Å². The molecule has 0 radical (unpaired) electrons. The molecular weight excluding hydrogens is 523 g/mol. The Morgan fingerprint density at radius 1 is 0.974 bits per heavy atom. The summed E-state index contributed by atoms with van der Waals surface area (Å²) < 4.78 is 47.4. The molecule has 200 valence electrons. The second-order valence-corrected chi connectivity index (χ2v) is 12.0. The lowest BCUT2D eigenvalue weighted by Gasteiger charge is -2.27. The van der Waals surface area contributed by atoms with Gasteiger partial charge in [0.2, 0.25) is 15.9 Å². The van der Waals surface area contributed by atoms with Gasteiger partial charge in [0.05, 0.1) is 18.0 Å². The molecule has 0 N–H and O–H groups in total. The van der Waals surface area contributed by atoms with E-state index < -0.39 is 10.0 Å². The molecule has 0 unspecified atom stereocenters. The third kappa shape index (κ3) is 6.85.